The van der Waals surface area contributed by atoms with Crippen LogP contribution in [0.25, 0.3) is 0 Å². The van der Waals surface area contributed by atoms with Crippen LogP contribution in [0.2, 0.25) is 0 Å². The highest BCUT2D eigenvalue weighted by Gasteiger charge is 2.36. The normalized spacial score (nSPS) is 11.4. The summed E-state index contributed by atoms with van der Waals surface area (Å²) in [5, 5.41) is 28.2. The number of hydrogen-bond donors (Lipinski definition) is 2. The molecule has 34 heavy (non-hydrogen) atoms. The number of phenolic OH excluding ortho intramolecular Hbond substituents is 1. The molecule has 0 bridgehead atoms. The molecule has 0 aliphatic heterocycles. The van der Waals surface area contributed by atoms with Gasteiger partial charge in [-0.1, -0.05) is 42.5 Å². The Morgan fingerprint density at radius 3 is 2.59 bits per heavy atom. The van der Waals surface area contributed by atoms with Crippen LogP contribution in [0.1, 0.15) is 15.9 Å². The number of aromatic nitrogens is 2. The lowest BCUT2D eigenvalue weighted by molar-refractivity contribution is -0.832. The highest BCUT2D eigenvalue weighted by molar-refractivity contribution is 7.91. The third-order valence-electron chi connectivity index (χ3n) is 4.46. The summed E-state index contributed by atoms with van der Waals surface area (Å²) in [4.78, 5) is 11.7. The zero-order chi connectivity index (χ0) is 24.1. The van der Waals surface area contributed by atoms with E-state index >= 15 is 0 Å². The van der Waals surface area contributed by atoms with Gasteiger partial charge in [-0.05, 0) is 46.9 Å². The van der Waals surface area contributed by atoms with Gasteiger partial charge < -0.3 is 15.1 Å². The topological polar surface area (TPSA) is 158 Å². The van der Waals surface area contributed by atoms with E-state index in [1.54, 1.807) is 30.3 Å². The van der Waals surface area contributed by atoms with Gasteiger partial charge in [0.05, 0.1) is 21.8 Å². The summed E-state index contributed by atoms with van der Waals surface area (Å²) >= 11 is 0. The van der Waals surface area contributed by atoms with Crippen molar-refractivity contribution in [3.05, 3.63) is 95.2 Å². The maximum Gasteiger partial charge on any atom is 0.420 e. The lowest BCUT2D eigenvalue weighted by atomic mass is 10.2. The van der Waals surface area contributed by atoms with Crippen molar-refractivity contribution < 1.29 is 32.6 Å². The second-order valence-electron chi connectivity index (χ2n) is 6.75. The standard InChI is InChI=1S/C22H16N4O7S/c27-19-12-5-4-11-18(19)20(28)24-23-14-15-7-6-8-16(13-15)32-21-22(26(29)33-25-21)34(30,31)17-9-2-1-3-10-17/h1-14,27H,(H,24,28)/b23-14+. The number of aromatic hydroxyl groups is 1. The van der Waals surface area contributed by atoms with E-state index in [-0.39, 0.29) is 26.9 Å². The Kier molecular flexibility index (Phi) is 6.23. The Morgan fingerprint density at radius 1 is 1.09 bits per heavy atom. The molecule has 0 fully saturated rings. The van der Waals surface area contributed by atoms with Crippen molar-refractivity contribution in [3.8, 4) is 17.4 Å². The maximum absolute atomic E-state index is 12.9. The molecule has 1 aromatic heterocycles. The van der Waals surface area contributed by atoms with E-state index < -0.39 is 26.7 Å². The number of sulfone groups is 1. The Morgan fingerprint density at radius 2 is 1.82 bits per heavy atom. The van der Waals surface area contributed by atoms with Gasteiger partial charge in [0.15, 0.2) is 0 Å². The summed E-state index contributed by atoms with van der Waals surface area (Å²) in [5.74, 6) is -1.20. The fourth-order valence-electron chi connectivity index (χ4n) is 2.88. The third kappa shape index (κ3) is 4.71. The Hall–Kier alpha value is -4.71. The van der Waals surface area contributed by atoms with Crippen LogP contribution in [-0.2, 0) is 9.84 Å². The number of nitrogens with zero attached hydrogens (tertiary/aromatic N) is 3. The zero-order valence-electron chi connectivity index (χ0n) is 17.2. The minimum Gasteiger partial charge on any atom is -0.507 e. The molecule has 0 saturated carbocycles. The number of hydrogen-bond acceptors (Lipinski definition) is 9. The SMILES string of the molecule is O=C(N/N=C/c1cccc(Oc2no[n+]([O-])c2S(=O)(=O)c2ccccc2)c1)c1ccccc1O. The molecule has 0 aliphatic rings. The molecule has 1 amide bonds. The van der Waals surface area contributed by atoms with Crippen molar-refractivity contribution in [1.82, 2.24) is 10.6 Å². The molecular weight excluding hydrogens is 464 g/mol. The Balaban J connectivity index is 1.52. The Labute approximate surface area is 193 Å². The average Bonchev–Trinajstić information content (AvgIpc) is 3.20. The molecule has 172 valence electrons. The van der Waals surface area contributed by atoms with Crippen molar-refractivity contribution in [1.29, 1.82) is 0 Å². The fraction of sp³-hybridized carbons (Fsp3) is 0. The molecule has 2 N–H and O–H groups in total. The van der Waals surface area contributed by atoms with Crippen LogP contribution in [0, 0.1) is 5.21 Å². The second-order valence-corrected chi connectivity index (χ2v) is 8.61. The summed E-state index contributed by atoms with van der Waals surface area (Å²) in [6.07, 6.45) is 1.31. The van der Waals surface area contributed by atoms with Crippen LogP contribution in [0.5, 0.6) is 17.4 Å². The van der Waals surface area contributed by atoms with E-state index in [2.05, 4.69) is 20.3 Å². The van der Waals surface area contributed by atoms with E-state index in [0.717, 1.165) is 0 Å². The summed E-state index contributed by atoms with van der Waals surface area (Å²) in [6, 6.07) is 19.5. The molecule has 0 unspecified atom stereocenters. The number of para-hydroxylation sites is 1. The van der Waals surface area contributed by atoms with Crippen LogP contribution >= 0.6 is 0 Å². The number of rotatable bonds is 7. The molecule has 12 heteroatoms. The van der Waals surface area contributed by atoms with Crippen LogP contribution in [-0.4, -0.2) is 30.8 Å². The van der Waals surface area contributed by atoms with E-state index in [1.807, 2.05) is 0 Å². The highest BCUT2D eigenvalue weighted by atomic mass is 32.2. The van der Waals surface area contributed by atoms with Crippen LogP contribution in [0.15, 0.2) is 98.5 Å². The predicted molar refractivity (Wildman–Crippen MR) is 117 cm³/mol. The largest absolute Gasteiger partial charge is 0.507 e. The molecule has 4 aromatic rings. The molecule has 11 nitrogen and oxygen atoms in total. The molecule has 0 aliphatic carbocycles. The van der Waals surface area contributed by atoms with E-state index in [4.69, 9.17) is 4.74 Å². The van der Waals surface area contributed by atoms with Gasteiger partial charge in [-0.15, -0.1) is 0 Å². The number of carbonyl (C=O) groups excluding carboxylic acids is 1. The van der Waals surface area contributed by atoms with E-state index in [9.17, 15) is 23.5 Å². The van der Waals surface area contributed by atoms with Crippen molar-refractivity contribution in [2.24, 2.45) is 5.10 Å². The van der Waals surface area contributed by atoms with Gasteiger partial charge in [0, 0.05) is 0 Å². The maximum atomic E-state index is 12.9. The molecule has 1 heterocycles. The minimum atomic E-state index is -4.27. The molecular formula is C22H16N4O7S. The van der Waals surface area contributed by atoms with Crippen LogP contribution in [0.4, 0.5) is 0 Å². The number of ether oxygens (including phenoxy) is 1. The number of amides is 1. The minimum absolute atomic E-state index is 0.0563. The van der Waals surface area contributed by atoms with Crippen molar-refractivity contribution in [2.45, 2.75) is 9.92 Å². The predicted octanol–water partition coefficient (Wildman–Crippen LogP) is 2.40. The van der Waals surface area contributed by atoms with Gasteiger partial charge in [-0.25, -0.2) is 13.8 Å². The zero-order valence-corrected chi connectivity index (χ0v) is 18.0. The summed E-state index contributed by atoms with van der Waals surface area (Å²) in [7, 11) is -4.27. The lowest BCUT2D eigenvalue weighted by Crippen LogP contribution is -2.30. The number of nitrogens with one attached hydrogen (secondary N) is 1. The molecule has 0 spiro atoms. The molecule has 0 atom stereocenters. The van der Waals surface area contributed by atoms with Gasteiger partial charge in [0.1, 0.15) is 11.5 Å². The summed E-state index contributed by atoms with van der Waals surface area (Å²) in [5.41, 5.74) is 2.82. The first-order chi connectivity index (χ1) is 16.4. The monoisotopic (exact) mass is 480 g/mol. The third-order valence-corrected chi connectivity index (χ3v) is 6.18. The highest BCUT2D eigenvalue weighted by Crippen LogP contribution is 2.29. The number of hydrazone groups is 1. The van der Waals surface area contributed by atoms with Crippen LogP contribution < -0.4 is 15.1 Å². The van der Waals surface area contributed by atoms with Crippen molar-refractivity contribution in [2.75, 3.05) is 0 Å². The van der Waals surface area contributed by atoms with Crippen molar-refractivity contribution in [3.63, 3.8) is 0 Å². The second kappa shape index (κ2) is 9.42. The van der Waals surface area contributed by atoms with E-state index in [1.165, 1.54) is 54.7 Å². The summed E-state index contributed by atoms with van der Waals surface area (Å²) < 4.78 is 35.7. The first-order valence-electron chi connectivity index (χ1n) is 9.65. The molecule has 4 rings (SSSR count). The van der Waals surface area contributed by atoms with Gasteiger partial charge in [-0.2, -0.15) is 5.10 Å². The van der Waals surface area contributed by atoms with Gasteiger partial charge >= 0.3 is 10.9 Å². The first-order valence-corrected chi connectivity index (χ1v) is 11.1. The van der Waals surface area contributed by atoms with Gasteiger partial charge in [0.25, 0.3) is 15.7 Å². The quantitative estimate of drug-likeness (QED) is 0.232. The van der Waals surface area contributed by atoms with E-state index in [0.29, 0.717) is 5.56 Å². The number of carbonyl (C=O) groups is 1. The number of benzene rings is 3. The smallest absolute Gasteiger partial charge is 0.420 e. The van der Waals surface area contributed by atoms with Gasteiger partial charge in [-0.3, -0.25) is 9.42 Å². The molecule has 0 saturated heterocycles. The average molecular weight is 480 g/mol. The molecule has 0 radical (unpaired) electrons. The fourth-order valence-corrected chi connectivity index (χ4v) is 4.15. The van der Waals surface area contributed by atoms with Crippen LogP contribution in [0.3, 0.4) is 0 Å². The Bertz CT molecular complexity index is 1470. The van der Waals surface area contributed by atoms with Gasteiger partial charge in [0.2, 0.25) is 0 Å². The first kappa shape index (κ1) is 22.5. The lowest BCUT2D eigenvalue weighted by Gasteiger charge is -2.04. The summed E-state index contributed by atoms with van der Waals surface area (Å²) in [6.45, 7) is 0. The van der Waals surface area contributed by atoms with Crippen molar-refractivity contribution >= 4 is 22.0 Å². The molecule has 3 aromatic carbocycles. The number of phenols is 1.